The van der Waals surface area contributed by atoms with E-state index in [1.54, 1.807) is 0 Å². The zero-order valence-electron chi connectivity index (χ0n) is 7.18. The van der Waals surface area contributed by atoms with Gasteiger partial charge in [0.2, 0.25) is 5.91 Å². The summed E-state index contributed by atoms with van der Waals surface area (Å²) in [4.78, 5) is 13.6. The molecular weight excluding hydrogens is 154 g/mol. The zero-order valence-corrected chi connectivity index (χ0v) is 7.18. The van der Waals surface area contributed by atoms with E-state index >= 15 is 0 Å². The van der Waals surface area contributed by atoms with Gasteiger partial charge < -0.3 is 15.5 Å². The normalized spacial score (nSPS) is 29.7. The van der Waals surface area contributed by atoms with E-state index in [1.165, 1.54) is 0 Å². The minimum atomic E-state index is 0.128. The molecule has 12 heavy (non-hydrogen) atoms. The molecule has 2 N–H and O–H groups in total. The van der Waals surface area contributed by atoms with Gasteiger partial charge in [-0.1, -0.05) is 0 Å². The highest BCUT2D eigenvalue weighted by molar-refractivity contribution is 5.82. The average molecular weight is 169 g/mol. The summed E-state index contributed by atoms with van der Waals surface area (Å²) in [5.41, 5.74) is 0. The van der Waals surface area contributed by atoms with Crippen LogP contribution in [0.15, 0.2) is 0 Å². The van der Waals surface area contributed by atoms with Crippen LogP contribution in [0.3, 0.4) is 0 Å². The van der Waals surface area contributed by atoms with Gasteiger partial charge >= 0.3 is 0 Å². The maximum atomic E-state index is 11.6. The van der Waals surface area contributed by atoms with Gasteiger partial charge in [0, 0.05) is 26.2 Å². The van der Waals surface area contributed by atoms with Crippen molar-refractivity contribution in [1.82, 2.24) is 15.5 Å². The van der Waals surface area contributed by atoms with Gasteiger partial charge in [-0.25, -0.2) is 0 Å². The molecular formula is C8H15N3O. The van der Waals surface area contributed by atoms with Gasteiger partial charge in [-0.3, -0.25) is 4.79 Å². The number of carbonyl (C=O) groups excluding carboxylic acids is 1. The average Bonchev–Trinajstić information content (AvgIpc) is 2.03. The number of rotatable bonds is 1. The van der Waals surface area contributed by atoms with E-state index < -0.39 is 0 Å². The molecule has 2 heterocycles. The first kappa shape index (κ1) is 8.01. The lowest BCUT2D eigenvalue weighted by Crippen LogP contribution is -2.57. The van der Waals surface area contributed by atoms with E-state index in [0.29, 0.717) is 5.91 Å². The number of hydrogen-bond acceptors (Lipinski definition) is 3. The van der Waals surface area contributed by atoms with Crippen LogP contribution < -0.4 is 10.6 Å². The van der Waals surface area contributed by atoms with Gasteiger partial charge in [0.05, 0.1) is 6.04 Å². The van der Waals surface area contributed by atoms with Gasteiger partial charge in [0.1, 0.15) is 0 Å². The maximum Gasteiger partial charge on any atom is 0.239 e. The highest BCUT2D eigenvalue weighted by Crippen LogP contribution is 2.06. The standard InChI is InChI=1S/C8H15N3O/c12-8(7-1-2-10-7)11-5-3-9-4-6-11/h7,9-10H,1-6H2/t7-/m0/s1. The molecule has 0 aromatic rings. The second-order valence-electron chi connectivity index (χ2n) is 3.37. The Morgan fingerprint density at radius 3 is 2.42 bits per heavy atom. The number of hydrogen-bond donors (Lipinski definition) is 2. The van der Waals surface area contributed by atoms with Gasteiger partial charge in [-0.2, -0.15) is 0 Å². The molecule has 1 amide bonds. The Balaban J connectivity index is 1.84. The van der Waals surface area contributed by atoms with E-state index in [-0.39, 0.29) is 6.04 Å². The molecule has 0 unspecified atom stereocenters. The lowest BCUT2D eigenvalue weighted by molar-refractivity contribution is -0.135. The largest absolute Gasteiger partial charge is 0.339 e. The third kappa shape index (κ3) is 1.44. The lowest BCUT2D eigenvalue weighted by Gasteiger charge is -2.34. The van der Waals surface area contributed by atoms with E-state index in [2.05, 4.69) is 10.6 Å². The van der Waals surface area contributed by atoms with Crippen LogP contribution >= 0.6 is 0 Å². The summed E-state index contributed by atoms with van der Waals surface area (Å²) < 4.78 is 0. The van der Waals surface area contributed by atoms with Gasteiger partial charge in [-0.05, 0) is 13.0 Å². The molecule has 2 aliphatic heterocycles. The first-order valence-electron chi connectivity index (χ1n) is 4.61. The summed E-state index contributed by atoms with van der Waals surface area (Å²) >= 11 is 0. The fourth-order valence-corrected chi connectivity index (χ4v) is 1.61. The Kier molecular flexibility index (Phi) is 2.28. The summed E-state index contributed by atoms with van der Waals surface area (Å²) in [6, 6.07) is 0.128. The smallest absolute Gasteiger partial charge is 0.239 e. The molecule has 0 saturated carbocycles. The molecule has 0 aromatic heterocycles. The van der Waals surface area contributed by atoms with Crippen LogP contribution in [-0.4, -0.2) is 49.6 Å². The van der Waals surface area contributed by atoms with Crippen molar-refractivity contribution < 1.29 is 4.79 Å². The van der Waals surface area contributed by atoms with Crippen LogP contribution in [0.5, 0.6) is 0 Å². The quantitative estimate of drug-likeness (QED) is 0.517. The van der Waals surface area contributed by atoms with Crippen molar-refractivity contribution in [2.24, 2.45) is 0 Å². The lowest BCUT2D eigenvalue weighted by atomic mass is 10.1. The molecule has 4 nitrogen and oxygen atoms in total. The van der Waals surface area contributed by atoms with Crippen molar-refractivity contribution in [2.75, 3.05) is 32.7 Å². The van der Waals surface area contributed by atoms with E-state index in [9.17, 15) is 4.79 Å². The third-order valence-electron chi connectivity index (χ3n) is 2.55. The molecule has 2 fully saturated rings. The minimum absolute atomic E-state index is 0.128. The van der Waals surface area contributed by atoms with Crippen molar-refractivity contribution in [3.8, 4) is 0 Å². The van der Waals surface area contributed by atoms with Crippen LogP contribution in [0.25, 0.3) is 0 Å². The van der Waals surface area contributed by atoms with Crippen LogP contribution in [0, 0.1) is 0 Å². The Morgan fingerprint density at radius 1 is 1.25 bits per heavy atom. The predicted molar refractivity (Wildman–Crippen MR) is 45.9 cm³/mol. The van der Waals surface area contributed by atoms with Gasteiger partial charge in [-0.15, -0.1) is 0 Å². The molecule has 0 aliphatic carbocycles. The van der Waals surface area contributed by atoms with E-state index in [0.717, 1.165) is 39.1 Å². The maximum absolute atomic E-state index is 11.6. The SMILES string of the molecule is O=C([C@@H]1CCN1)N1CCNCC1. The monoisotopic (exact) mass is 169 g/mol. The Bertz CT molecular complexity index is 173. The first-order valence-corrected chi connectivity index (χ1v) is 4.61. The molecule has 0 spiro atoms. The molecule has 68 valence electrons. The summed E-state index contributed by atoms with van der Waals surface area (Å²) in [7, 11) is 0. The van der Waals surface area contributed by atoms with Gasteiger partial charge in [0.25, 0.3) is 0 Å². The predicted octanol–water partition coefficient (Wildman–Crippen LogP) is -1.22. The Labute approximate surface area is 72.3 Å². The number of amides is 1. The second kappa shape index (κ2) is 3.41. The Morgan fingerprint density at radius 2 is 1.92 bits per heavy atom. The fraction of sp³-hybridized carbons (Fsp3) is 0.875. The minimum Gasteiger partial charge on any atom is -0.339 e. The van der Waals surface area contributed by atoms with Crippen LogP contribution in [0.1, 0.15) is 6.42 Å². The van der Waals surface area contributed by atoms with Crippen molar-refractivity contribution >= 4 is 5.91 Å². The molecule has 0 bridgehead atoms. The van der Waals surface area contributed by atoms with Crippen molar-refractivity contribution in [1.29, 1.82) is 0 Å². The Hall–Kier alpha value is -0.610. The van der Waals surface area contributed by atoms with Crippen LogP contribution in [0.4, 0.5) is 0 Å². The fourth-order valence-electron chi connectivity index (χ4n) is 1.61. The summed E-state index contributed by atoms with van der Waals surface area (Å²) in [5.74, 6) is 0.294. The zero-order chi connectivity index (χ0) is 8.39. The van der Waals surface area contributed by atoms with Crippen LogP contribution in [0.2, 0.25) is 0 Å². The molecule has 1 atom stereocenters. The van der Waals surface area contributed by atoms with Crippen molar-refractivity contribution in [3.63, 3.8) is 0 Å². The molecule has 2 saturated heterocycles. The third-order valence-corrected chi connectivity index (χ3v) is 2.55. The topological polar surface area (TPSA) is 44.4 Å². The van der Waals surface area contributed by atoms with E-state index in [1.807, 2.05) is 4.90 Å². The highest BCUT2D eigenvalue weighted by atomic mass is 16.2. The summed E-state index contributed by atoms with van der Waals surface area (Å²) in [6.07, 6.45) is 1.02. The van der Waals surface area contributed by atoms with Crippen LogP contribution in [-0.2, 0) is 4.79 Å². The molecule has 4 heteroatoms. The molecule has 2 rings (SSSR count). The van der Waals surface area contributed by atoms with Crippen molar-refractivity contribution in [2.45, 2.75) is 12.5 Å². The number of carbonyl (C=O) groups is 1. The second-order valence-corrected chi connectivity index (χ2v) is 3.37. The molecule has 0 aromatic carbocycles. The number of piperazine rings is 1. The number of nitrogens with one attached hydrogen (secondary N) is 2. The molecule has 2 aliphatic rings. The summed E-state index contributed by atoms with van der Waals surface area (Å²) in [6.45, 7) is 4.63. The van der Waals surface area contributed by atoms with E-state index in [4.69, 9.17) is 0 Å². The molecule has 0 radical (unpaired) electrons. The summed E-state index contributed by atoms with van der Waals surface area (Å²) in [5, 5.41) is 6.36. The highest BCUT2D eigenvalue weighted by Gasteiger charge is 2.29. The first-order chi connectivity index (χ1) is 5.88. The van der Waals surface area contributed by atoms with Gasteiger partial charge in [0.15, 0.2) is 0 Å². The number of nitrogens with zero attached hydrogens (tertiary/aromatic N) is 1. The van der Waals surface area contributed by atoms with Crippen molar-refractivity contribution in [3.05, 3.63) is 0 Å².